The number of hydrogen-bond acceptors (Lipinski definition) is 2. The molecule has 0 heterocycles. The van der Waals surface area contributed by atoms with Crippen LogP contribution in [0.5, 0.6) is 0 Å². The van der Waals surface area contributed by atoms with Crippen molar-refractivity contribution in [2.24, 2.45) is 0 Å². The number of carbonyl (C=O) groups is 1. The summed E-state index contributed by atoms with van der Waals surface area (Å²) in [5, 5.41) is 10.6. The maximum Gasteiger partial charge on any atom is 0.164 e. The van der Waals surface area contributed by atoms with E-state index in [-0.39, 0.29) is 12.2 Å². The molecule has 0 aliphatic carbocycles. The van der Waals surface area contributed by atoms with Crippen LogP contribution in [0.1, 0.15) is 28.3 Å². The lowest BCUT2D eigenvalue weighted by molar-refractivity contribution is 0.0979. The molecule has 0 spiro atoms. The zero-order chi connectivity index (χ0) is 15.4. The van der Waals surface area contributed by atoms with Gasteiger partial charge in [0.05, 0.1) is 22.0 Å². The van der Waals surface area contributed by atoms with Gasteiger partial charge in [-0.3, -0.25) is 4.79 Å². The third kappa shape index (κ3) is 3.98. The number of nitrogens with zero attached hydrogens (tertiary/aromatic N) is 1. The van der Waals surface area contributed by atoms with Gasteiger partial charge in [0, 0.05) is 17.0 Å². The molecule has 106 valence electrons. The predicted molar refractivity (Wildman–Crippen MR) is 85.2 cm³/mol. The van der Waals surface area contributed by atoms with Crippen LogP contribution in [0.3, 0.4) is 0 Å². The van der Waals surface area contributed by atoms with E-state index < -0.39 is 5.92 Å². The fourth-order valence-electron chi connectivity index (χ4n) is 1.91. The number of nitriles is 1. The first-order chi connectivity index (χ1) is 10.0. The summed E-state index contributed by atoms with van der Waals surface area (Å²) in [7, 11) is 0. The highest BCUT2D eigenvalue weighted by Crippen LogP contribution is 2.26. The van der Waals surface area contributed by atoms with E-state index in [1.165, 1.54) is 6.07 Å². The number of carbonyl (C=O) groups excluding carboxylic acids is 1. The molecule has 2 aromatic carbocycles. The summed E-state index contributed by atoms with van der Waals surface area (Å²) < 4.78 is 0. The highest BCUT2D eigenvalue weighted by Gasteiger charge is 2.17. The van der Waals surface area contributed by atoms with Crippen molar-refractivity contribution in [3.63, 3.8) is 0 Å². The Morgan fingerprint density at radius 2 is 1.71 bits per heavy atom. The molecule has 2 nitrogen and oxygen atoms in total. The van der Waals surface area contributed by atoms with Gasteiger partial charge in [0.25, 0.3) is 0 Å². The van der Waals surface area contributed by atoms with Crippen LogP contribution in [0.25, 0.3) is 0 Å². The second-order valence-corrected chi connectivity index (χ2v) is 5.74. The van der Waals surface area contributed by atoms with E-state index in [1.807, 2.05) is 0 Å². The number of rotatable bonds is 4. The van der Waals surface area contributed by atoms with Crippen LogP contribution < -0.4 is 0 Å². The van der Waals surface area contributed by atoms with Crippen molar-refractivity contribution >= 4 is 40.6 Å². The highest BCUT2D eigenvalue weighted by atomic mass is 35.5. The lowest BCUT2D eigenvalue weighted by Crippen LogP contribution is -2.06. The fourth-order valence-corrected chi connectivity index (χ4v) is 2.33. The molecule has 0 amide bonds. The quantitative estimate of drug-likeness (QED) is 0.688. The average molecular weight is 339 g/mol. The fraction of sp³-hybridized carbons (Fsp3) is 0.125. The van der Waals surface area contributed by atoms with Gasteiger partial charge in [-0.15, -0.1) is 0 Å². The molecule has 0 saturated carbocycles. The van der Waals surface area contributed by atoms with E-state index in [4.69, 9.17) is 34.8 Å². The molecular formula is C16H10Cl3NO. The summed E-state index contributed by atoms with van der Waals surface area (Å²) in [5.41, 5.74) is 1.20. The first-order valence-corrected chi connectivity index (χ1v) is 7.28. The largest absolute Gasteiger partial charge is 0.294 e. The van der Waals surface area contributed by atoms with Crippen molar-refractivity contribution in [1.82, 2.24) is 0 Å². The first kappa shape index (κ1) is 15.9. The molecule has 2 aromatic rings. The van der Waals surface area contributed by atoms with Crippen LogP contribution in [0, 0.1) is 11.3 Å². The van der Waals surface area contributed by atoms with E-state index in [0.29, 0.717) is 20.6 Å². The van der Waals surface area contributed by atoms with E-state index in [2.05, 4.69) is 6.07 Å². The van der Waals surface area contributed by atoms with E-state index in [0.717, 1.165) is 5.56 Å². The molecular weight excluding hydrogens is 329 g/mol. The Morgan fingerprint density at radius 1 is 1.05 bits per heavy atom. The number of halogens is 3. The molecule has 0 fully saturated rings. The van der Waals surface area contributed by atoms with E-state index >= 15 is 0 Å². The monoisotopic (exact) mass is 337 g/mol. The van der Waals surface area contributed by atoms with Crippen LogP contribution in [0.4, 0.5) is 0 Å². The molecule has 0 aliphatic rings. The average Bonchev–Trinajstić information content (AvgIpc) is 2.48. The van der Waals surface area contributed by atoms with Gasteiger partial charge in [-0.25, -0.2) is 0 Å². The second-order valence-electron chi connectivity index (χ2n) is 4.49. The van der Waals surface area contributed by atoms with Gasteiger partial charge in [-0.05, 0) is 35.9 Å². The van der Waals surface area contributed by atoms with E-state index in [1.54, 1.807) is 36.4 Å². The zero-order valence-corrected chi connectivity index (χ0v) is 13.1. The van der Waals surface area contributed by atoms with Crippen LogP contribution >= 0.6 is 34.8 Å². The Morgan fingerprint density at radius 3 is 2.29 bits per heavy atom. The van der Waals surface area contributed by atoms with Gasteiger partial charge in [-0.1, -0.05) is 46.9 Å². The minimum Gasteiger partial charge on any atom is -0.294 e. The molecule has 0 N–H and O–H groups in total. The minimum absolute atomic E-state index is 0.0795. The molecule has 2 rings (SSSR count). The van der Waals surface area contributed by atoms with Gasteiger partial charge in [-0.2, -0.15) is 5.26 Å². The molecule has 0 radical (unpaired) electrons. The van der Waals surface area contributed by atoms with Gasteiger partial charge in [0.15, 0.2) is 5.78 Å². The van der Waals surface area contributed by atoms with Crippen molar-refractivity contribution in [2.75, 3.05) is 0 Å². The summed E-state index contributed by atoms with van der Waals surface area (Å²) in [4.78, 5) is 12.2. The van der Waals surface area contributed by atoms with Crippen LogP contribution in [-0.4, -0.2) is 5.78 Å². The Balaban J connectivity index is 2.18. The summed E-state index contributed by atoms with van der Waals surface area (Å²) >= 11 is 17.5. The van der Waals surface area contributed by atoms with Crippen LogP contribution in [-0.2, 0) is 0 Å². The molecule has 0 aliphatic heterocycles. The Labute approximate surface area is 137 Å². The van der Waals surface area contributed by atoms with E-state index in [9.17, 15) is 10.1 Å². The molecule has 1 unspecified atom stereocenters. The maximum atomic E-state index is 12.2. The minimum atomic E-state index is -0.524. The summed E-state index contributed by atoms with van der Waals surface area (Å²) in [6.45, 7) is 0. The number of ketones is 1. The summed E-state index contributed by atoms with van der Waals surface area (Å²) in [6, 6.07) is 13.7. The van der Waals surface area contributed by atoms with Crippen molar-refractivity contribution in [2.45, 2.75) is 12.3 Å². The lowest BCUT2D eigenvalue weighted by atomic mass is 9.93. The van der Waals surface area contributed by atoms with Crippen molar-refractivity contribution in [3.05, 3.63) is 68.7 Å². The molecule has 1 atom stereocenters. The topological polar surface area (TPSA) is 40.9 Å². The molecule has 0 bridgehead atoms. The highest BCUT2D eigenvalue weighted by molar-refractivity contribution is 6.42. The van der Waals surface area contributed by atoms with Crippen LogP contribution in [0.2, 0.25) is 15.1 Å². The smallest absolute Gasteiger partial charge is 0.164 e. The van der Waals surface area contributed by atoms with Gasteiger partial charge >= 0.3 is 0 Å². The molecule has 5 heteroatoms. The van der Waals surface area contributed by atoms with Crippen molar-refractivity contribution in [3.8, 4) is 6.07 Å². The molecule has 0 saturated heterocycles. The maximum absolute atomic E-state index is 12.2. The Bertz CT molecular complexity index is 704. The summed E-state index contributed by atoms with van der Waals surface area (Å²) in [6.07, 6.45) is 0.0795. The zero-order valence-electron chi connectivity index (χ0n) is 10.8. The lowest BCUT2D eigenvalue weighted by Gasteiger charge is -2.09. The standard InChI is InChI=1S/C16H10Cl3NO/c17-13-4-1-10(2-5-13)12(9-20)8-16(21)11-3-6-14(18)15(19)7-11/h1-7,12H,8H2. The predicted octanol–water partition coefficient (Wildman–Crippen LogP) is 5.53. The SMILES string of the molecule is N#CC(CC(=O)c1ccc(Cl)c(Cl)c1)c1ccc(Cl)cc1. The van der Waals surface area contributed by atoms with Crippen molar-refractivity contribution < 1.29 is 4.79 Å². The first-order valence-electron chi connectivity index (χ1n) is 6.14. The molecule has 21 heavy (non-hydrogen) atoms. The van der Waals surface area contributed by atoms with Gasteiger partial charge in [0.2, 0.25) is 0 Å². The van der Waals surface area contributed by atoms with Crippen molar-refractivity contribution in [1.29, 1.82) is 5.26 Å². The third-order valence-electron chi connectivity index (χ3n) is 3.06. The number of Topliss-reactive ketones (excluding diaryl/α,β-unsaturated/α-hetero) is 1. The third-order valence-corrected chi connectivity index (χ3v) is 4.05. The number of benzene rings is 2. The molecule has 0 aromatic heterocycles. The Hall–Kier alpha value is -1.53. The van der Waals surface area contributed by atoms with Gasteiger partial charge < -0.3 is 0 Å². The normalized spacial score (nSPS) is 11.7. The summed E-state index contributed by atoms with van der Waals surface area (Å²) in [5.74, 6) is -0.681. The van der Waals surface area contributed by atoms with Crippen LogP contribution in [0.15, 0.2) is 42.5 Å². The second kappa shape index (κ2) is 6.95. The van der Waals surface area contributed by atoms with Gasteiger partial charge in [0.1, 0.15) is 0 Å². The number of hydrogen-bond donors (Lipinski definition) is 0. The Kier molecular flexibility index (Phi) is 5.25.